The van der Waals surface area contributed by atoms with Gasteiger partial charge in [-0.1, -0.05) is 0 Å². The van der Waals surface area contributed by atoms with E-state index in [1.54, 1.807) is 0 Å². The van der Waals surface area contributed by atoms with Gasteiger partial charge in [0.1, 0.15) is 0 Å². The third-order valence-electron chi connectivity index (χ3n) is 4.34. The molecule has 16 heavy (non-hydrogen) atoms. The molecule has 1 spiro atoms. The van der Waals surface area contributed by atoms with Gasteiger partial charge < -0.3 is 15.0 Å². The summed E-state index contributed by atoms with van der Waals surface area (Å²) >= 11 is 0. The number of likely N-dealkylation sites (N-methyl/N-ethyl adjacent to an activating group) is 1. The standard InChI is InChI=1S/C13H26N2O/c1-11(15(2)3)10-14-12-5-8-16-13(9-12)6-4-7-13/h11-12,14H,4-10H2,1-3H3. The molecule has 2 atom stereocenters. The molecule has 1 saturated carbocycles. The molecule has 0 aromatic rings. The number of rotatable bonds is 4. The second-order valence-electron chi connectivity index (χ2n) is 5.80. The van der Waals surface area contributed by atoms with Crippen LogP contribution in [0.4, 0.5) is 0 Å². The van der Waals surface area contributed by atoms with E-state index in [4.69, 9.17) is 4.74 Å². The van der Waals surface area contributed by atoms with Crippen molar-refractivity contribution in [3.63, 3.8) is 0 Å². The molecule has 3 heteroatoms. The largest absolute Gasteiger partial charge is 0.375 e. The molecule has 3 nitrogen and oxygen atoms in total. The van der Waals surface area contributed by atoms with Crippen LogP contribution in [0.15, 0.2) is 0 Å². The number of hydrogen-bond donors (Lipinski definition) is 1. The monoisotopic (exact) mass is 226 g/mol. The Balaban J connectivity index is 1.73. The molecule has 1 N–H and O–H groups in total. The first-order chi connectivity index (χ1) is 7.61. The molecule has 0 aromatic heterocycles. The molecule has 0 bridgehead atoms. The van der Waals surface area contributed by atoms with Gasteiger partial charge in [0.25, 0.3) is 0 Å². The minimum absolute atomic E-state index is 0.275. The Morgan fingerprint density at radius 2 is 2.19 bits per heavy atom. The number of nitrogens with one attached hydrogen (secondary N) is 1. The van der Waals surface area contributed by atoms with Gasteiger partial charge in [-0.3, -0.25) is 0 Å². The summed E-state index contributed by atoms with van der Waals surface area (Å²) in [4.78, 5) is 2.27. The van der Waals surface area contributed by atoms with Crippen LogP contribution < -0.4 is 5.32 Å². The van der Waals surface area contributed by atoms with Crippen LogP contribution in [0.1, 0.15) is 39.0 Å². The van der Waals surface area contributed by atoms with Gasteiger partial charge in [-0.2, -0.15) is 0 Å². The maximum atomic E-state index is 5.94. The molecule has 2 rings (SSSR count). The lowest BCUT2D eigenvalue weighted by Gasteiger charge is -2.47. The SMILES string of the molecule is CC(CNC1CCOC2(CCC2)C1)N(C)C. The van der Waals surface area contributed by atoms with Gasteiger partial charge in [0, 0.05) is 25.2 Å². The van der Waals surface area contributed by atoms with Crippen LogP contribution in [0, 0.1) is 0 Å². The Labute approximate surface area is 99.5 Å². The fourth-order valence-electron chi connectivity index (χ4n) is 2.64. The Bertz CT molecular complexity index is 226. The van der Waals surface area contributed by atoms with Crippen LogP contribution in [0.2, 0.25) is 0 Å². The average molecular weight is 226 g/mol. The molecule has 0 aromatic carbocycles. The van der Waals surface area contributed by atoms with Crippen LogP contribution >= 0.6 is 0 Å². The van der Waals surface area contributed by atoms with E-state index in [9.17, 15) is 0 Å². The zero-order valence-corrected chi connectivity index (χ0v) is 11.0. The van der Waals surface area contributed by atoms with E-state index in [1.165, 1.54) is 32.1 Å². The zero-order valence-electron chi connectivity index (χ0n) is 11.0. The topological polar surface area (TPSA) is 24.5 Å². The second kappa shape index (κ2) is 5.03. The van der Waals surface area contributed by atoms with Crippen molar-refractivity contribution < 1.29 is 4.74 Å². The fourth-order valence-corrected chi connectivity index (χ4v) is 2.64. The number of hydrogen-bond acceptors (Lipinski definition) is 3. The maximum Gasteiger partial charge on any atom is 0.0697 e. The van der Waals surface area contributed by atoms with E-state index in [1.807, 2.05) is 0 Å². The van der Waals surface area contributed by atoms with Gasteiger partial charge >= 0.3 is 0 Å². The molecule has 94 valence electrons. The first-order valence-electron chi connectivity index (χ1n) is 6.65. The molecule has 2 fully saturated rings. The minimum atomic E-state index is 0.275. The van der Waals surface area contributed by atoms with Crippen LogP contribution in [0.25, 0.3) is 0 Å². The Morgan fingerprint density at radius 1 is 1.44 bits per heavy atom. The Kier molecular flexibility index (Phi) is 3.88. The van der Waals surface area contributed by atoms with Crippen molar-refractivity contribution >= 4 is 0 Å². The van der Waals surface area contributed by atoms with Gasteiger partial charge in [-0.15, -0.1) is 0 Å². The summed E-state index contributed by atoms with van der Waals surface area (Å²) in [7, 11) is 4.29. The van der Waals surface area contributed by atoms with Gasteiger partial charge in [-0.05, 0) is 53.1 Å². The molecule has 1 aliphatic carbocycles. The molecule has 1 aliphatic heterocycles. The third kappa shape index (κ3) is 2.76. The molecular formula is C13H26N2O. The van der Waals surface area contributed by atoms with Crippen molar-refractivity contribution in [1.29, 1.82) is 0 Å². The molecule has 2 unspecified atom stereocenters. The summed E-state index contributed by atoms with van der Waals surface area (Å²) in [5.41, 5.74) is 0.275. The first-order valence-corrected chi connectivity index (χ1v) is 6.65. The van der Waals surface area contributed by atoms with Crippen molar-refractivity contribution in [2.24, 2.45) is 0 Å². The lowest BCUT2D eigenvalue weighted by molar-refractivity contribution is -0.135. The van der Waals surface area contributed by atoms with E-state index in [0.29, 0.717) is 12.1 Å². The van der Waals surface area contributed by atoms with Crippen molar-refractivity contribution in [3.05, 3.63) is 0 Å². The van der Waals surface area contributed by atoms with Crippen LogP contribution in [-0.2, 0) is 4.74 Å². The van der Waals surface area contributed by atoms with Crippen LogP contribution in [0.5, 0.6) is 0 Å². The highest BCUT2D eigenvalue weighted by Crippen LogP contribution is 2.42. The van der Waals surface area contributed by atoms with Gasteiger partial charge in [0.2, 0.25) is 0 Å². The van der Waals surface area contributed by atoms with E-state index in [-0.39, 0.29) is 5.60 Å². The molecule has 2 aliphatic rings. The van der Waals surface area contributed by atoms with E-state index in [0.717, 1.165) is 13.2 Å². The summed E-state index contributed by atoms with van der Waals surface area (Å²) in [6.07, 6.45) is 6.35. The second-order valence-corrected chi connectivity index (χ2v) is 5.80. The average Bonchev–Trinajstić information content (AvgIpc) is 2.24. The van der Waals surface area contributed by atoms with Crippen molar-refractivity contribution in [1.82, 2.24) is 10.2 Å². The van der Waals surface area contributed by atoms with Crippen LogP contribution in [0.3, 0.4) is 0 Å². The Hall–Kier alpha value is -0.120. The van der Waals surface area contributed by atoms with E-state index in [2.05, 4.69) is 31.2 Å². The predicted molar refractivity (Wildman–Crippen MR) is 66.7 cm³/mol. The molecule has 0 radical (unpaired) electrons. The van der Waals surface area contributed by atoms with E-state index >= 15 is 0 Å². The molecule has 1 heterocycles. The quantitative estimate of drug-likeness (QED) is 0.788. The van der Waals surface area contributed by atoms with Gasteiger partial charge in [0.05, 0.1) is 5.60 Å². The van der Waals surface area contributed by atoms with Gasteiger partial charge in [0.15, 0.2) is 0 Å². The fraction of sp³-hybridized carbons (Fsp3) is 1.00. The third-order valence-corrected chi connectivity index (χ3v) is 4.34. The minimum Gasteiger partial charge on any atom is -0.375 e. The van der Waals surface area contributed by atoms with Gasteiger partial charge in [-0.25, -0.2) is 0 Å². The molecule has 1 saturated heterocycles. The van der Waals surface area contributed by atoms with Crippen LogP contribution in [-0.4, -0.2) is 49.8 Å². The molecular weight excluding hydrogens is 200 g/mol. The maximum absolute atomic E-state index is 5.94. The zero-order chi connectivity index (χ0) is 11.6. The highest BCUT2D eigenvalue weighted by atomic mass is 16.5. The van der Waals surface area contributed by atoms with Crippen molar-refractivity contribution in [3.8, 4) is 0 Å². The summed E-state index contributed by atoms with van der Waals surface area (Å²) in [6.45, 7) is 4.31. The normalized spacial score (nSPS) is 30.4. The highest BCUT2D eigenvalue weighted by molar-refractivity contribution is 4.96. The highest BCUT2D eigenvalue weighted by Gasteiger charge is 2.42. The molecule has 0 amide bonds. The van der Waals surface area contributed by atoms with E-state index < -0.39 is 0 Å². The van der Waals surface area contributed by atoms with Crippen molar-refractivity contribution in [2.45, 2.75) is 56.7 Å². The lowest BCUT2D eigenvalue weighted by Crippen LogP contribution is -2.52. The lowest BCUT2D eigenvalue weighted by atomic mass is 9.74. The summed E-state index contributed by atoms with van der Waals surface area (Å²) in [5, 5.41) is 3.70. The smallest absolute Gasteiger partial charge is 0.0697 e. The number of nitrogens with zero attached hydrogens (tertiary/aromatic N) is 1. The summed E-state index contributed by atoms with van der Waals surface area (Å²) < 4.78 is 5.94. The Morgan fingerprint density at radius 3 is 2.75 bits per heavy atom. The summed E-state index contributed by atoms with van der Waals surface area (Å²) in [6, 6.07) is 1.29. The number of ether oxygens (including phenoxy) is 1. The summed E-state index contributed by atoms with van der Waals surface area (Å²) in [5.74, 6) is 0. The first kappa shape index (κ1) is 12.3. The van der Waals surface area contributed by atoms with Crippen molar-refractivity contribution in [2.75, 3.05) is 27.2 Å². The predicted octanol–water partition coefficient (Wildman–Crippen LogP) is 1.63.